The SMILES string of the molecule is CC(C)(C)c1cc2c(c(N(c3ccc(-c4ccccc4)cc3)c3ccc(-c4cccc5sc6ccccc6c45)cc3)c1C(C)(C)C)-c1ccccc1C2(c1ccccc1)c1ccccc1. The van der Waals surface area contributed by atoms with Crippen molar-refractivity contribution < 1.29 is 0 Å². The van der Waals surface area contributed by atoms with E-state index in [2.05, 4.69) is 259 Å². The summed E-state index contributed by atoms with van der Waals surface area (Å²) in [5.74, 6) is 0. The molecule has 2 heteroatoms. The van der Waals surface area contributed by atoms with Gasteiger partial charge >= 0.3 is 0 Å². The van der Waals surface area contributed by atoms with E-state index in [1.807, 2.05) is 11.3 Å². The van der Waals surface area contributed by atoms with E-state index in [0.717, 1.165) is 11.4 Å². The van der Waals surface area contributed by atoms with Crippen molar-refractivity contribution in [2.75, 3.05) is 4.90 Å². The van der Waals surface area contributed by atoms with E-state index >= 15 is 0 Å². The van der Waals surface area contributed by atoms with Gasteiger partial charge in [-0.25, -0.2) is 0 Å². The Hall–Kier alpha value is -7.00. The van der Waals surface area contributed by atoms with Gasteiger partial charge in [-0.3, -0.25) is 0 Å². The van der Waals surface area contributed by atoms with E-state index in [1.165, 1.54) is 92.6 Å². The predicted octanol–water partition coefficient (Wildman–Crippen LogP) is 17.8. The Morgan fingerprint density at radius 1 is 0.415 bits per heavy atom. The van der Waals surface area contributed by atoms with Crippen LogP contribution >= 0.6 is 11.3 Å². The van der Waals surface area contributed by atoms with Gasteiger partial charge in [0, 0.05) is 37.1 Å². The molecule has 0 amide bonds. The van der Waals surface area contributed by atoms with Crippen LogP contribution < -0.4 is 4.90 Å². The van der Waals surface area contributed by atoms with Gasteiger partial charge in [0.1, 0.15) is 0 Å². The molecule has 0 saturated carbocycles. The molecule has 1 aromatic heterocycles. The quantitative estimate of drug-likeness (QED) is 0.154. The lowest BCUT2D eigenvalue weighted by Crippen LogP contribution is -2.31. The van der Waals surface area contributed by atoms with Crippen molar-refractivity contribution in [2.24, 2.45) is 0 Å². The van der Waals surface area contributed by atoms with E-state index < -0.39 is 5.41 Å². The lowest BCUT2D eigenvalue weighted by Gasteiger charge is -2.40. The van der Waals surface area contributed by atoms with Crippen molar-refractivity contribution >= 4 is 48.6 Å². The highest BCUT2D eigenvalue weighted by molar-refractivity contribution is 7.25. The second-order valence-electron chi connectivity index (χ2n) is 19.7. The third kappa shape index (κ3) is 6.65. The van der Waals surface area contributed by atoms with Gasteiger partial charge in [0.05, 0.1) is 11.1 Å². The maximum Gasteiger partial charge on any atom is 0.0714 e. The fourth-order valence-corrected chi connectivity index (χ4v) is 11.9. The van der Waals surface area contributed by atoms with Crippen LogP contribution in [-0.4, -0.2) is 0 Å². The molecule has 0 aliphatic heterocycles. The molecule has 1 aliphatic carbocycles. The molecule has 0 radical (unpaired) electrons. The Balaban J connectivity index is 1.25. The van der Waals surface area contributed by atoms with Crippen LogP contribution in [0.15, 0.2) is 212 Å². The van der Waals surface area contributed by atoms with Crippen molar-refractivity contribution in [3.8, 4) is 33.4 Å². The molecule has 9 aromatic carbocycles. The summed E-state index contributed by atoms with van der Waals surface area (Å²) in [7, 11) is 0. The van der Waals surface area contributed by atoms with Crippen molar-refractivity contribution in [3.63, 3.8) is 0 Å². The lowest BCUT2D eigenvalue weighted by molar-refractivity contribution is 0.529. The minimum Gasteiger partial charge on any atom is -0.310 e. The summed E-state index contributed by atoms with van der Waals surface area (Å²) in [6.45, 7) is 14.4. The number of hydrogen-bond acceptors (Lipinski definition) is 2. The van der Waals surface area contributed by atoms with E-state index in [1.54, 1.807) is 0 Å². The first-order valence-corrected chi connectivity index (χ1v) is 23.7. The van der Waals surface area contributed by atoms with Gasteiger partial charge in [0.2, 0.25) is 0 Å². The molecule has 0 saturated heterocycles. The molecule has 1 nitrogen and oxygen atoms in total. The zero-order chi connectivity index (χ0) is 44.5. The van der Waals surface area contributed by atoms with Crippen LogP contribution in [0.5, 0.6) is 0 Å². The predicted molar refractivity (Wildman–Crippen MR) is 280 cm³/mol. The van der Waals surface area contributed by atoms with Gasteiger partial charge in [-0.1, -0.05) is 217 Å². The van der Waals surface area contributed by atoms with Crippen molar-refractivity contribution in [2.45, 2.75) is 57.8 Å². The third-order valence-electron chi connectivity index (χ3n) is 13.6. The van der Waals surface area contributed by atoms with Crippen LogP contribution in [0.1, 0.15) is 74.9 Å². The van der Waals surface area contributed by atoms with Gasteiger partial charge < -0.3 is 4.90 Å². The fourth-order valence-electron chi connectivity index (χ4n) is 10.8. The second kappa shape index (κ2) is 15.6. The summed E-state index contributed by atoms with van der Waals surface area (Å²) >= 11 is 1.87. The molecule has 65 heavy (non-hydrogen) atoms. The molecule has 0 N–H and O–H groups in total. The molecule has 1 aliphatic rings. The first-order chi connectivity index (χ1) is 31.5. The van der Waals surface area contributed by atoms with Crippen molar-refractivity contribution in [1.82, 2.24) is 0 Å². The molecule has 0 bridgehead atoms. The standard InChI is InChI=1S/C63H53NS/c1-61(2,3)54-41-53-58(50-27-16-18-30-52(50)63(53,45-23-12-8-13-24-45)46-25-14-9-15-26-46)60(59(54)62(4,5)6)64(47-37-33-43(34-38-47)42-21-10-7-11-22-42)48-39-35-44(36-40-48)49-29-20-32-56-57(49)51-28-17-19-31-55(51)65-56/h7-41H,1-6H3. The summed E-state index contributed by atoms with van der Waals surface area (Å²) in [5, 5.41) is 2.64. The van der Waals surface area contributed by atoms with Crippen LogP contribution in [0.3, 0.4) is 0 Å². The summed E-state index contributed by atoms with van der Waals surface area (Å²) in [6, 6.07) is 79.3. The highest BCUT2D eigenvalue weighted by Gasteiger charge is 2.49. The first kappa shape index (κ1) is 40.8. The maximum atomic E-state index is 2.60. The van der Waals surface area contributed by atoms with E-state index in [9.17, 15) is 0 Å². The lowest BCUT2D eigenvalue weighted by atomic mass is 9.65. The molecular formula is C63H53NS. The zero-order valence-electron chi connectivity index (χ0n) is 38.1. The normalized spacial score (nSPS) is 13.2. The summed E-state index contributed by atoms with van der Waals surface area (Å²) in [5.41, 5.74) is 17.8. The van der Waals surface area contributed by atoms with E-state index in [-0.39, 0.29) is 10.8 Å². The smallest absolute Gasteiger partial charge is 0.0714 e. The number of rotatable bonds is 7. The Kier molecular flexibility index (Phi) is 9.79. The number of anilines is 3. The van der Waals surface area contributed by atoms with Crippen molar-refractivity contribution in [1.29, 1.82) is 0 Å². The van der Waals surface area contributed by atoms with Crippen LogP contribution in [-0.2, 0) is 16.2 Å². The average Bonchev–Trinajstić information content (AvgIpc) is 3.86. The summed E-state index contributed by atoms with van der Waals surface area (Å²) in [4.78, 5) is 2.59. The molecule has 11 rings (SSSR count). The van der Waals surface area contributed by atoms with Gasteiger partial charge in [-0.05, 0) is 108 Å². The Morgan fingerprint density at radius 3 is 1.54 bits per heavy atom. The zero-order valence-corrected chi connectivity index (χ0v) is 38.9. The number of fused-ring (bicyclic) bond motifs is 6. The number of benzene rings is 9. The molecule has 10 aromatic rings. The largest absolute Gasteiger partial charge is 0.310 e. The topological polar surface area (TPSA) is 3.24 Å². The highest BCUT2D eigenvalue weighted by Crippen LogP contribution is 2.62. The van der Waals surface area contributed by atoms with Crippen molar-refractivity contribution in [3.05, 3.63) is 246 Å². The van der Waals surface area contributed by atoms with Gasteiger partial charge in [0.15, 0.2) is 0 Å². The number of hydrogen-bond donors (Lipinski definition) is 0. The minimum absolute atomic E-state index is 0.186. The van der Waals surface area contributed by atoms with Crippen LogP contribution in [0, 0.1) is 0 Å². The summed E-state index contributed by atoms with van der Waals surface area (Å²) in [6.07, 6.45) is 0. The van der Waals surface area contributed by atoms with Crippen LogP contribution in [0.25, 0.3) is 53.6 Å². The highest BCUT2D eigenvalue weighted by atomic mass is 32.1. The summed E-state index contributed by atoms with van der Waals surface area (Å²) < 4.78 is 2.64. The molecule has 0 unspecified atom stereocenters. The molecular weight excluding hydrogens is 803 g/mol. The molecule has 316 valence electrons. The Labute approximate surface area is 388 Å². The van der Waals surface area contributed by atoms with Gasteiger partial charge in [0.25, 0.3) is 0 Å². The van der Waals surface area contributed by atoms with Gasteiger partial charge in [-0.15, -0.1) is 11.3 Å². The molecule has 0 fully saturated rings. The molecule has 1 heterocycles. The fraction of sp³-hybridized carbons (Fsp3) is 0.143. The van der Waals surface area contributed by atoms with E-state index in [4.69, 9.17) is 0 Å². The van der Waals surface area contributed by atoms with Crippen LogP contribution in [0.2, 0.25) is 0 Å². The molecule has 0 atom stereocenters. The Morgan fingerprint density at radius 2 is 0.923 bits per heavy atom. The van der Waals surface area contributed by atoms with Crippen LogP contribution in [0.4, 0.5) is 17.1 Å². The van der Waals surface area contributed by atoms with Gasteiger partial charge in [-0.2, -0.15) is 0 Å². The van der Waals surface area contributed by atoms with E-state index in [0.29, 0.717) is 0 Å². The first-order valence-electron chi connectivity index (χ1n) is 22.9. The maximum absolute atomic E-state index is 2.60. The molecule has 0 spiro atoms. The second-order valence-corrected chi connectivity index (χ2v) is 20.8. The third-order valence-corrected chi connectivity index (χ3v) is 14.7. The Bertz CT molecular complexity index is 3310. The number of nitrogens with zero attached hydrogens (tertiary/aromatic N) is 1. The minimum atomic E-state index is -0.561. The number of thiophene rings is 1. The average molecular weight is 856 g/mol. The monoisotopic (exact) mass is 855 g/mol.